The van der Waals surface area contributed by atoms with E-state index in [1.807, 2.05) is 5.32 Å². The minimum absolute atomic E-state index is 0.0688. The molecule has 1 aliphatic rings. The number of carbonyl (C=O) groups is 3. The van der Waals surface area contributed by atoms with Crippen molar-refractivity contribution in [2.75, 3.05) is 7.05 Å². The van der Waals surface area contributed by atoms with E-state index < -0.39 is 17.8 Å². The molecule has 0 aliphatic carbocycles. The second kappa shape index (κ2) is 5.26. The Kier molecular flexibility index (Phi) is 3.82. The van der Waals surface area contributed by atoms with Crippen molar-refractivity contribution in [3.63, 3.8) is 0 Å². The van der Waals surface area contributed by atoms with Crippen molar-refractivity contribution in [1.82, 2.24) is 10.2 Å². The summed E-state index contributed by atoms with van der Waals surface area (Å²) in [6.07, 6.45) is 1.17. The number of amides is 4. The molecule has 1 fully saturated rings. The molecule has 0 radical (unpaired) electrons. The molecule has 0 spiro atoms. The zero-order valence-electron chi connectivity index (χ0n) is 10.1. The smallest absolute Gasteiger partial charge is 0.331 e. The lowest BCUT2D eigenvalue weighted by Gasteiger charge is -2.22. The minimum Gasteiger partial charge on any atom is -0.506 e. The summed E-state index contributed by atoms with van der Waals surface area (Å²) in [6, 6.07) is 2.16. The van der Waals surface area contributed by atoms with Gasteiger partial charge < -0.3 is 5.11 Å². The van der Waals surface area contributed by atoms with Crippen LogP contribution in [0.3, 0.4) is 0 Å². The molecule has 1 aliphatic heterocycles. The number of rotatable bonds is 1. The molecule has 1 aromatic carbocycles. The van der Waals surface area contributed by atoms with Crippen molar-refractivity contribution in [2.24, 2.45) is 0 Å². The maximum atomic E-state index is 11.9. The first-order chi connectivity index (χ1) is 9.31. The van der Waals surface area contributed by atoms with Crippen molar-refractivity contribution in [1.29, 1.82) is 0 Å². The SMILES string of the molecule is CN1C(=O)NC(=O)/C(=C\c2cc(Br)cc(Cl)c2O)C1=O. The van der Waals surface area contributed by atoms with Crippen LogP contribution >= 0.6 is 27.5 Å². The number of barbiturate groups is 1. The molecule has 1 heterocycles. The average molecular weight is 360 g/mol. The number of urea groups is 1. The van der Waals surface area contributed by atoms with E-state index in [4.69, 9.17) is 11.6 Å². The average Bonchev–Trinajstić information content (AvgIpc) is 2.37. The Bertz CT molecular complexity index is 672. The first kappa shape index (κ1) is 14.5. The number of imide groups is 2. The monoisotopic (exact) mass is 358 g/mol. The Morgan fingerprint density at radius 1 is 1.35 bits per heavy atom. The zero-order chi connectivity index (χ0) is 15.0. The molecule has 0 aromatic heterocycles. The van der Waals surface area contributed by atoms with Crippen LogP contribution in [0.4, 0.5) is 4.79 Å². The third kappa shape index (κ3) is 2.54. The van der Waals surface area contributed by atoms with Gasteiger partial charge in [0.15, 0.2) is 0 Å². The molecule has 0 bridgehead atoms. The summed E-state index contributed by atoms with van der Waals surface area (Å²) in [6.45, 7) is 0. The molecule has 104 valence electrons. The summed E-state index contributed by atoms with van der Waals surface area (Å²) in [5, 5.41) is 11.9. The molecule has 1 saturated heterocycles. The lowest BCUT2D eigenvalue weighted by atomic mass is 10.1. The van der Waals surface area contributed by atoms with Crippen LogP contribution in [0.1, 0.15) is 5.56 Å². The van der Waals surface area contributed by atoms with Crippen molar-refractivity contribution >= 4 is 51.5 Å². The minimum atomic E-state index is -0.825. The van der Waals surface area contributed by atoms with E-state index in [9.17, 15) is 19.5 Å². The number of likely N-dealkylation sites (N-methyl/N-ethyl adjacent to an activating group) is 1. The number of nitrogens with zero attached hydrogens (tertiary/aromatic N) is 1. The summed E-state index contributed by atoms with van der Waals surface area (Å²) in [5.41, 5.74) is -0.0813. The molecule has 0 unspecified atom stereocenters. The van der Waals surface area contributed by atoms with E-state index in [0.717, 1.165) is 4.90 Å². The van der Waals surface area contributed by atoms with E-state index in [-0.39, 0.29) is 21.9 Å². The standard InChI is InChI=1S/C12H8BrClN2O4/c1-16-11(19)7(10(18)15-12(16)20)3-5-2-6(13)4-8(14)9(5)17/h2-4,17H,1H3,(H,15,18,20)/b7-3+. The molecule has 2 N–H and O–H groups in total. The predicted octanol–water partition coefficient (Wildman–Crippen LogP) is 1.90. The van der Waals surface area contributed by atoms with Crippen molar-refractivity contribution < 1.29 is 19.5 Å². The van der Waals surface area contributed by atoms with Gasteiger partial charge in [0, 0.05) is 17.1 Å². The van der Waals surface area contributed by atoms with Gasteiger partial charge in [0.1, 0.15) is 11.3 Å². The fourth-order valence-corrected chi connectivity index (χ4v) is 2.43. The highest BCUT2D eigenvalue weighted by atomic mass is 79.9. The highest BCUT2D eigenvalue weighted by molar-refractivity contribution is 9.10. The predicted molar refractivity (Wildman–Crippen MR) is 75.1 cm³/mol. The third-order valence-electron chi connectivity index (χ3n) is 2.66. The number of hydrogen-bond acceptors (Lipinski definition) is 4. The molecule has 20 heavy (non-hydrogen) atoms. The van der Waals surface area contributed by atoms with Crippen LogP contribution in [0, 0.1) is 0 Å². The summed E-state index contributed by atoms with van der Waals surface area (Å²) < 4.78 is 0.570. The second-order valence-corrected chi connectivity index (χ2v) is 5.33. The lowest BCUT2D eigenvalue weighted by molar-refractivity contribution is -0.129. The molecule has 4 amide bonds. The third-order valence-corrected chi connectivity index (χ3v) is 3.41. The quantitative estimate of drug-likeness (QED) is 0.592. The fraction of sp³-hybridized carbons (Fsp3) is 0.0833. The van der Waals surface area contributed by atoms with Crippen molar-refractivity contribution in [2.45, 2.75) is 0 Å². The van der Waals surface area contributed by atoms with Crippen LogP contribution in [0.15, 0.2) is 22.2 Å². The van der Waals surface area contributed by atoms with Gasteiger partial charge in [-0.15, -0.1) is 0 Å². The normalized spacial score (nSPS) is 17.6. The number of nitrogens with one attached hydrogen (secondary N) is 1. The number of aromatic hydroxyl groups is 1. The van der Waals surface area contributed by atoms with Gasteiger partial charge in [-0.2, -0.15) is 0 Å². The van der Waals surface area contributed by atoms with Gasteiger partial charge in [0.2, 0.25) is 0 Å². The molecular formula is C12H8BrClN2O4. The summed E-state index contributed by atoms with van der Waals surface area (Å²) in [5.74, 6) is -1.84. The van der Waals surface area contributed by atoms with Gasteiger partial charge in [0.05, 0.1) is 5.02 Å². The molecule has 2 rings (SSSR count). The van der Waals surface area contributed by atoms with Gasteiger partial charge in [-0.1, -0.05) is 27.5 Å². The van der Waals surface area contributed by atoms with Gasteiger partial charge in [-0.05, 0) is 18.2 Å². The first-order valence-electron chi connectivity index (χ1n) is 5.34. The Hall–Kier alpha value is -1.86. The highest BCUT2D eigenvalue weighted by Crippen LogP contribution is 2.33. The molecule has 0 atom stereocenters. The molecule has 0 saturated carbocycles. The summed E-state index contributed by atoms with van der Waals surface area (Å²) >= 11 is 8.99. The number of hydrogen-bond donors (Lipinski definition) is 2. The molecule has 6 nitrogen and oxygen atoms in total. The lowest BCUT2D eigenvalue weighted by Crippen LogP contribution is -2.52. The van der Waals surface area contributed by atoms with Crippen LogP contribution in [-0.2, 0) is 9.59 Å². The second-order valence-electron chi connectivity index (χ2n) is 4.01. The van der Waals surface area contributed by atoms with Gasteiger partial charge in [-0.25, -0.2) is 4.79 Å². The summed E-state index contributed by atoms with van der Waals surface area (Å²) in [4.78, 5) is 35.6. The fourth-order valence-electron chi connectivity index (χ4n) is 1.60. The topological polar surface area (TPSA) is 86.7 Å². The maximum absolute atomic E-state index is 11.9. The van der Waals surface area contributed by atoms with Gasteiger partial charge >= 0.3 is 6.03 Å². The zero-order valence-corrected chi connectivity index (χ0v) is 12.4. The molecule has 1 aromatic rings. The first-order valence-corrected chi connectivity index (χ1v) is 6.51. The number of phenols is 1. The number of halogens is 2. The molecular weight excluding hydrogens is 351 g/mol. The number of phenolic OH excluding ortho intramolecular Hbond substituents is 1. The number of carbonyl (C=O) groups excluding carboxylic acids is 3. The van der Waals surface area contributed by atoms with Crippen molar-refractivity contribution in [3.8, 4) is 5.75 Å². The Morgan fingerprint density at radius 2 is 2.00 bits per heavy atom. The van der Waals surface area contributed by atoms with Crippen LogP contribution in [0.5, 0.6) is 5.75 Å². The maximum Gasteiger partial charge on any atom is 0.331 e. The van der Waals surface area contributed by atoms with Gasteiger partial charge in [0.25, 0.3) is 11.8 Å². The van der Waals surface area contributed by atoms with Crippen LogP contribution in [0.25, 0.3) is 6.08 Å². The number of benzene rings is 1. The summed E-state index contributed by atoms with van der Waals surface area (Å²) in [7, 11) is 1.24. The van der Waals surface area contributed by atoms with E-state index in [1.54, 1.807) is 0 Å². The van der Waals surface area contributed by atoms with E-state index in [2.05, 4.69) is 15.9 Å². The Morgan fingerprint density at radius 3 is 2.65 bits per heavy atom. The van der Waals surface area contributed by atoms with Crippen LogP contribution in [0.2, 0.25) is 5.02 Å². The Balaban J connectivity index is 2.52. The van der Waals surface area contributed by atoms with Crippen molar-refractivity contribution in [3.05, 3.63) is 32.8 Å². The van der Waals surface area contributed by atoms with Crippen LogP contribution in [-0.4, -0.2) is 34.9 Å². The van der Waals surface area contributed by atoms with E-state index in [1.165, 1.54) is 25.3 Å². The largest absolute Gasteiger partial charge is 0.506 e. The highest BCUT2D eigenvalue weighted by Gasteiger charge is 2.33. The van der Waals surface area contributed by atoms with Gasteiger partial charge in [-0.3, -0.25) is 19.8 Å². The van der Waals surface area contributed by atoms with Crippen LogP contribution < -0.4 is 5.32 Å². The molecule has 8 heteroatoms. The van der Waals surface area contributed by atoms with E-state index in [0.29, 0.717) is 4.47 Å². The van der Waals surface area contributed by atoms with E-state index >= 15 is 0 Å². The Labute approximate surface area is 127 Å².